The Balaban J connectivity index is 1.85. The quantitative estimate of drug-likeness (QED) is 0.660. The van der Waals surface area contributed by atoms with Gasteiger partial charge in [-0.3, -0.25) is 9.59 Å². The van der Waals surface area contributed by atoms with Gasteiger partial charge in [-0.15, -0.1) is 0 Å². The van der Waals surface area contributed by atoms with Gasteiger partial charge in [-0.05, 0) is 24.8 Å². The van der Waals surface area contributed by atoms with E-state index in [-0.39, 0.29) is 29.7 Å². The molecule has 0 heterocycles. The van der Waals surface area contributed by atoms with Crippen LogP contribution in [0.15, 0.2) is 24.3 Å². The lowest BCUT2D eigenvalue weighted by atomic mass is 9.95. The van der Waals surface area contributed by atoms with Crippen molar-refractivity contribution in [2.45, 2.75) is 38.1 Å². The second-order valence-corrected chi connectivity index (χ2v) is 6.74. The Morgan fingerprint density at radius 2 is 1.92 bits per heavy atom. The molecule has 1 atom stereocenters. The molecule has 0 aliphatic heterocycles. The third-order valence-corrected chi connectivity index (χ3v) is 4.60. The molecular weight excluding hydrogens is 306 g/mol. The van der Waals surface area contributed by atoms with Crippen LogP contribution in [0.2, 0.25) is 0 Å². The average molecular weight is 333 g/mol. The van der Waals surface area contributed by atoms with Gasteiger partial charge in [-0.1, -0.05) is 32.0 Å². The van der Waals surface area contributed by atoms with Gasteiger partial charge < -0.3 is 21.1 Å². The van der Waals surface area contributed by atoms with Crippen LogP contribution in [0.4, 0.5) is 0 Å². The minimum atomic E-state index is -0.596. The van der Waals surface area contributed by atoms with Crippen LogP contribution in [0.5, 0.6) is 5.75 Å². The molecule has 6 heteroatoms. The predicted octanol–water partition coefficient (Wildman–Crippen LogP) is 0.943. The molecule has 0 radical (unpaired) electrons. The standard InChI is InChI=1S/C18H27N3O3/c1-12(2)16(19)17(23)20-10-15(22)21-11-18(8-9-18)13-6-4-5-7-14(13)24-3/h4-7,12,16H,8-11,19H2,1-3H3,(H,20,23)(H,21,22)/t16-/m0/s1. The lowest BCUT2D eigenvalue weighted by molar-refractivity contribution is -0.127. The first kappa shape index (κ1) is 18.3. The normalized spacial score (nSPS) is 16.4. The van der Waals surface area contributed by atoms with Crippen molar-refractivity contribution in [3.05, 3.63) is 29.8 Å². The Morgan fingerprint density at radius 1 is 1.25 bits per heavy atom. The first-order valence-electron chi connectivity index (χ1n) is 8.33. The maximum Gasteiger partial charge on any atom is 0.239 e. The van der Waals surface area contributed by atoms with Crippen molar-refractivity contribution < 1.29 is 14.3 Å². The van der Waals surface area contributed by atoms with Gasteiger partial charge in [-0.25, -0.2) is 0 Å². The summed E-state index contributed by atoms with van der Waals surface area (Å²) in [6, 6.07) is 7.30. The summed E-state index contributed by atoms with van der Waals surface area (Å²) in [6.45, 7) is 4.22. The van der Waals surface area contributed by atoms with Crippen LogP contribution in [0, 0.1) is 5.92 Å². The Kier molecular flexibility index (Phi) is 5.83. The highest BCUT2D eigenvalue weighted by atomic mass is 16.5. The molecule has 24 heavy (non-hydrogen) atoms. The average Bonchev–Trinajstić information content (AvgIpc) is 3.38. The molecular formula is C18H27N3O3. The van der Waals surface area contributed by atoms with Crippen LogP contribution in [0.3, 0.4) is 0 Å². The molecule has 0 saturated heterocycles. The lowest BCUT2D eigenvalue weighted by Gasteiger charge is -2.20. The minimum absolute atomic E-state index is 0.0355. The zero-order valence-electron chi connectivity index (χ0n) is 14.6. The van der Waals surface area contributed by atoms with Crippen LogP contribution < -0.4 is 21.1 Å². The molecule has 4 N–H and O–H groups in total. The number of rotatable bonds is 8. The molecule has 1 aromatic rings. The van der Waals surface area contributed by atoms with Gasteiger partial charge in [0, 0.05) is 17.5 Å². The van der Waals surface area contributed by atoms with Crippen LogP contribution in [-0.2, 0) is 15.0 Å². The van der Waals surface area contributed by atoms with E-state index in [1.807, 2.05) is 38.1 Å². The number of nitrogens with two attached hydrogens (primary N) is 1. The van der Waals surface area contributed by atoms with Crippen LogP contribution in [0.1, 0.15) is 32.3 Å². The SMILES string of the molecule is COc1ccccc1C1(CNC(=O)CNC(=O)[C@@H](N)C(C)C)CC1. The number of amides is 2. The molecule has 1 aromatic carbocycles. The van der Waals surface area contributed by atoms with Gasteiger partial charge in [0.15, 0.2) is 0 Å². The predicted molar refractivity (Wildman–Crippen MR) is 92.7 cm³/mol. The van der Waals surface area contributed by atoms with Crippen LogP contribution in [-0.4, -0.2) is 38.1 Å². The number of hydrogen-bond donors (Lipinski definition) is 3. The molecule has 132 valence electrons. The van der Waals surface area contributed by atoms with E-state index in [4.69, 9.17) is 10.5 Å². The summed E-state index contributed by atoms with van der Waals surface area (Å²) in [5.74, 6) is 0.375. The number of hydrogen-bond acceptors (Lipinski definition) is 4. The third-order valence-electron chi connectivity index (χ3n) is 4.60. The molecule has 6 nitrogen and oxygen atoms in total. The molecule has 2 amide bonds. The molecule has 1 saturated carbocycles. The molecule has 0 spiro atoms. The molecule has 0 unspecified atom stereocenters. The maximum atomic E-state index is 12.0. The van der Waals surface area contributed by atoms with E-state index >= 15 is 0 Å². The van der Waals surface area contributed by atoms with Crippen molar-refractivity contribution in [3.8, 4) is 5.75 Å². The van der Waals surface area contributed by atoms with E-state index in [9.17, 15) is 9.59 Å². The lowest BCUT2D eigenvalue weighted by Crippen LogP contribution is -2.47. The smallest absolute Gasteiger partial charge is 0.239 e. The zero-order chi connectivity index (χ0) is 17.7. The van der Waals surface area contributed by atoms with E-state index in [0.29, 0.717) is 6.54 Å². The van der Waals surface area contributed by atoms with Crippen molar-refractivity contribution >= 4 is 11.8 Å². The largest absolute Gasteiger partial charge is 0.496 e. The fourth-order valence-electron chi connectivity index (χ4n) is 2.69. The van der Waals surface area contributed by atoms with Crippen molar-refractivity contribution in [2.24, 2.45) is 11.7 Å². The van der Waals surface area contributed by atoms with Crippen molar-refractivity contribution in [1.82, 2.24) is 10.6 Å². The highest BCUT2D eigenvalue weighted by Gasteiger charge is 2.46. The van der Waals surface area contributed by atoms with Crippen molar-refractivity contribution in [3.63, 3.8) is 0 Å². The summed E-state index contributed by atoms with van der Waals surface area (Å²) in [5.41, 5.74) is 6.82. The topological polar surface area (TPSA) is 93.5 Å². The summed E-state index contributed by atoms with van der Waals surface area (Å²) in [6.07, 6.45) is 2.02. The van der Waals surface area contributed by atoms with Crippen LogP contribution in [0.25, 0.3) is 0 Å². The van der Waals surface area contributed by atoms with Gasteiger partial charge in [-0.2, -0.15) is 0 Å². The highest BCUT2D eigenvalue weighted by molar-refractivity contribution is 5.87. The summed E-state index contributed by atoms with van der Waals surface area (Å²) in [4.78, 5) is 23.8. The van der Waals surface area contributed by atoms with Gasteiger partial charge >= 0.3 is 0 Å². The number of nitrogens with one attached hydrogen (secondary N) is 2. The zero-order valence-corrected chi connectivity index (χ0v) is 14.6. The maximum absolute atomic E-state index is 12.0. The van der Waals surface area contributed by atoms with Crippen molar-refractivity contribution in [1.29, 1.82) is 0 Å². The first-order valence-corrected chi connectivity index (χ1v) is 8.33. The van der Waals surface area contributed by atoms with Crippen molar-refractivity contribution in [2.75, 3.05) is 20.2 Å². The third kappa shape index (κ3) is 4.26. The second-order valence-electron chi connectivity index (χ2n) is 6.74. The number of para-hydroxylation sites is 1. The summed E-state index contributed by atoms with van der Waals surface area (Å²) < 4.78 is 5.42. The molecule has 1 fully saturated rings. The molecule has 2 rings (SSSR count). The Bertz CT molecular complexity index is 597. The summed E-state index contributed by atoms with van der Waals surface area (Å²) in [7, 11) is 1.65. The summed E-state index contributed by atoms with van der Waals surface area (Å²) >= 11 is 0. The van der Waals surface area contributed by atoms with Gasteiger partial charge in [0.25, 0.3) is 0 Å². The molecule has 1 aliphatic carbocycles. The van der Waals surface area contributed by atoms with Gasteiger partial charge in [0.2, 0.25) is 11.8 Å². The van der Waals surface area contributed by atoms with Gasteiger partial charge in [0.05, 0.1) is 19.7 Å². The molecule has 0 aromatic heterocycles. The highest BCUT2D eigenvalue weighted by Crippen LogP contribution is 2.50. The van der Waals surface area contributed by atoms with E-state index in [0.717, 1.165) is 24.2 Å². The number of ether oxygens (including phenoxy) is 1. The Hall–Kier alpha value is -2.08. The number of carbonyl (C=O) groups excluding carboxylic acids is 2. The number of methoxy groups -OCH3 is 1. The fourth-order valence-corrected chi connectivity index (χ4v) is 2.69. The van der Waals surface area contributed by atoms with Gasteiger partial charge in [0.1, 0.15) is 5.75 Å². The number of benzene rings is 1. The minimum Gasteiger partial charge on any atom is -0.496 e. The van der Waals surface area contributed by atoms with E-state index < -0.39 is 6.04 Å². The Morgan fingerprint density at radius 3 is 2.50 bits per heavy atom. The van der Waals surface area contributed by atoms with E-state index in [1.165, 1.54) is 0 Å². The fraction of sp³-hybridized carbons (Fsp3) is 0.556. The molecule has 1 aliphatic rings. The Labute approximate surface area is 143 Å². The monoisotopic (exact) mass is 333 g/mol. The van der Waals surface area contributed by atoms with E-state index in [1.54, 1.807) is 7.11 Å². The second kappa shape index (κ2) is 7.66. The van der Waals surface area contributed by atoms with E-state index in [2.05, 4.69) is 10.6 Å². The first-order chi connectivity index (χ1) is 11.4. The summed E-state index contributed by atoms with van der Waals surface area (Å²) in [5, 5.41) is 5.49. The molecule has 0 bridgehead atoms. The number of carbonyl (C=O) groups is 2. The van der Waals surface area contributed by atoms with Crippen LogP contribution >= 0.6 is 0 Å².